The van der Waals surface area contributed by atoms with Crippen LogP contribution in [-0.4, -0.2) is 25.9 Å². The smallest absolute Gasteiger partial charge is 0.259 e. The van der Waals surface area contributed by atoms with Gasteiger partial charge >= 0.3 is 0 Å². The number of carbonyl (C=O) groups excluding carboxylic acids is 2. The maximum atomic E-state index is 12.5. The van der Waals surface area contributed by atoms with E-state index < -0.39 is 0 Å². The Balaban J connectivity index is 1.67. The Morgan fingerprint density at radius 1 is 0.900 bits per heavy atom. The molecule has 0 heterocycles. The number of rotatable bonds is 7. The molecule has 6 heteroatoms. The lowest BCUT2D eigenvalue weighted by Crippen LogP contribution is -2.13. The monoisotopic (exact) mass is 421 g/mol. The van der Waals surface area contributed by atoms with E-state index in [4.69, 9.17) is 21.1 Å². The second-order valence-corrected chi connectivity index (χ2v) is 6.78. The maximum Gasteiger partial charge on any atom is 0.259 e. The van der Waals surface area contributed by atoms with Crippen molar-refractivity contribution in [3.8, 4) is 11.5 Å². The lowest BCUT2D eigenvalue weighted by Gasteiger charge is -2.10. The summed E-state index contributed by atoms with van der Waals surface area (Å²) in [6.45, 7) is 0. The molecule has 0 atom stereocenters. The summed E-state index contributed by atoms with van der Waals surface area (Å²) in [7, 11) is 3.09. The van der Waals surface area contributed by atoms with E-state index in [-0.39, 0.29) is 11.7 Å². The summed E-state index contributed by atoms with van der Waals surface area (Å²) in [5.41, 5.74) is 2.28. The van der Waals surface area contributed by atoms with Crippen LogP contribution in [0.25, 0.3) is 6.08 Å². The van der Waals surface area contributed by atoms with E-state index in [1.807, 2.05) is 24.3 Å². The standard InChI is InChI=1S/C24H20ClNO4/c1-29-20-11-3-16(4-12-20)5-13-22(27)17-6-9-19(10-7-17)26-24(28)21-15-18(25)8-14-23(21)30-2/h3-15H,1-2H3,(H,26,28)/b13-5+. The van der Waals surface area contributed by atoms with E-state index in [0.29, 0.717) is 27.6 Å². The van der Waals surface area contributed by atoms with E-state index in [1.54, 1.807) is 49.6 Å². The Kier molecular flexibility index (Phi) is 6.88. The zero-order chi connectivity index (χ0) is 21.5. The molecule has 0 bridgehead atoms. The van der Waals surface area contributed by atoms with Crippen molar-refractivity contribution in [1.82, 2.24) is 0 Å². The second kappa shape index (κ2) is 9.76. The summed E-state index contributed by atoms with van der Waals surface area (Å²) in [5, 5.41) is 3.21. The Labute approximate surface area is 179 Å². The average Bonchev–Trinajstić information content (AvgIpc) is 2.78. The van der Waals surface area contributed by atoms with Crippen LogP contribution in [0.3, 0.4) is 0 Å². The van der Waals surface area contributed by atoms with Crippen molar-refractivity contribution in [2.45, 2.75) is 0 Å². The number of allylic oxidation sites excluding steroid dienone is 1. The third kappa shape index (κ3) is 5.27. The number of carbonyl (C=O) groups is 2. The first-order valence-corrected chi connectivity index (χ1v) is 9.49. The third-order valence-corrected chi connectivity index (χ3v) is 4.61. The molecule has 3 aromatic rings. The molecule has 0 fully saturated rings. The Hall–Kier alpha value is -3.57. The van der Waals surface area contributed by atoms with Crippen LogP contribution in [0.5, 0.6) is 11.5 Å². The van der Waals surface area contributed by atoms with Gasteiger partial charge in [0.2, 0.25) is 0 Å². The maximum absolute atomic E-state index is 12.5. The Morgan fingerprint density at radius 3 is 2.23 bits per heavy atom. The fourth-order valence-corrected chi connectivity index (χ4v) is 2.93. The van der Waals surface area contributed by atoms with Gasteiger partial charge in [-0.15, -0.1) is 0 Å². The van der Waals surface area contributed by atoms with Gasteiger partial charge < -0.3 is 14.8 Å². The summed E-state index contributed by atoms with van der Waals surface area (Å²) in [6, 6.07) is 18.9. The fraction of sp³-hybridized carbons (Fsp3) is 0.0833. The lowest BCUT2D eigenvalue weighted by atomic mass is 10.1. The number of ketones is 1. The first-order valence-electron chi connectivity index (χ1n) is 9.11. The van der Waals surface area contributed by atoms with Crippen molar-refractivity contribution < 1.29 is 19.1 Å². The van der Waals surface area contributed by atoms with Crippen LogP contribution in [0.1, 0.15) is 26.3 Å². The molecule has 0 unspecified atom stereocenters. The van der Waals surface area contributed by atoms with Crippen molar-refractivity contribution in [3.05, 3.63) is 94.5 Å². The molecule has 30 heavy (non-hydrogen) atoms. The van der Waals surface area contributed by atoms with Gasteiger partial charge in [0.1, 0.15) is 11.5 Å². The number of hydrogen-bond donors (Lipinski definition) is 1. The molecule has 0 saturated carbocycles. The number of methoxy groups -OCH3 is 2. The zero-order valence-corrected chi connectivity index (χ0v) is 17.3. The first-order chi connectivity index (χ1) is 14.5. The number of hydrogen-bond acceptors (Lipinski definition) is 4. The summed E-state index contributed by atoms with van der Waals surface area (Å²) in [6.07, 6.45) is 3.25. The summed E-state index contributed by atoms with van der Waals surface area (Å²) < 4.78 is 10.3. The number of amides is 1. The molecule has 3 rings (SSSR count). The molecule has 0 saturated heterocycles. The highest BCUT2D eigenvalue weighted by Gasteiger charge is 2.13. The summed E-state index contributed by atoms with van der Waals surface area (Å²) in [4.78, 5) is 24.9. The molecule has 0 radical (unpaired) electrons. The predicted octanol–water partition coefficient (Wildman–Crippen LogP) is 5.51. The van der Waals surface area contributed by atoms with Crippen molar-refractivity contribution in [3.63, 3.8) is 0 Å². The molecule has 3 aromatic carbocycles. The first kappa shape index (κ1) is 21.1. The van der Waals surface area contributed by atoms with Gasteiger partial charge in [0.25, 0.3) is 5.91 Å². The van der Waals surface area contributed by atoms with E-state index in [2.05, 4.69) is 5.32 Å². The molecule has 0 aliphatic carbocycles. The van der Waals surface area contributed by atoms with Crippen LogP contribution < -0.4 is 14.8 Å². The highest BCUT2D eigenvalue weighted by atomic mass is 35.5. The van der Waals surface area contributed by atoms with Crippen LogP contribution >= 0.6 is 11.6 Å². The number of anilines is 1. The summed E-state index contributed by atoms with van der Waals surface area (Å²) in [5.74, 6) is 0.687. The molecular weight excluding hydrogens is 402 g/mol. The molecule has 0 aliphatic rings. The lowest BCUT2D eigenvalue weighted by molar-refractivity contribution is 0.102. The second-order valence-electron chi connectivity index (χ2n) is 6.35. The molecule has 5 nitrogen and oxygen atoms in total. The average molecular weight is 422 g/mol. The van der Waals surface area contributed by atoms with E-state index in [9.17, 15) is 9.59 Å². The van der Waals surface area contributed by atoms with Crippen molar-refractivity contribution in [2.75, 3.05) is 19.5 Å². The van der Waals surface area contributed by atoms with E-state index in [0.717, 1.165) is 11.3 Å². The number of ether oxygens (including phenoxy) is 2. The fourth-order valence-electron chi connectivity index (χ4n) is 2.76. The minimum Gasteiger partial charge on any atom is -0.497 e. The van der Waals surface area contributed by atoms with Gasteiger partial charge in [0.05, 0.1) is 19.8 Å². The molecule has 1 amide bonds. The topological polar surface area (TPSA) is 64.6 Å². The Morgan fingerprint density at radius 2 is 1.60 bits per heavy atom. The Bertz CT molecular complexity index is 1070. The van der Waals surface area contributed by atoms with Gasteiger partial charge in [-0.3, -0.25) is 9.59 Å². The number of benzene rings is 3. The predicted molar refractivity (Wildman–Crippen MR) is 119 cm³/mol. The highest BCUT2D eigenvalue weighted by molar-refractivity contribution is 6.31. The van der Waals surface area contributed by atoms with Crippen LogP contribution in [0.4, 0.5) is 5.69 Å². The molecular formula is C24H20ClNO4. The van der Waals surface area contributed by atoms with Gasteiger partial charge in [-0.25, -0.2) is 0 Å². The van der Waals surface area contributed by atoms with Crippen molar-refractivity contribution in [2.24, 2.45) is 0 Å². The van der Waals surface area contributed by atoms with Crippen molar-refractivity contribution in [1.29, 1.82) is 0 Å². The van der Waals surface area contributed by atoms with E-state index in [1.165, 1.54) is 19.3 Å². The molecule has 152 valence electrons. The highest BCUT2D eigenvalue weighted by Crippen LogP contribution is 2.24. The van der Waals surface area contributed by atoms with Crippen molar-refractivity contribution >= 4 is 35.1 Å². The molecule has 1 N–H and O–H groups in total. The number of nitrogens with one attached hydrogen (secondary N) is 1. The molecule has 0 aromatic heterocycles. The molecule has 0 spiro atoms. The van der Waals surface area contributed by atoms with Gasteiger partial charge in [-0.2, -0.15) is 0 Å². The third-order valence-electron chi connectivity index (χ3n) is 4.38. The van der Waals surface area contributed by atoms with Crippen LogP contribution in [0.15, 0.2) is 72.8 Å². The quantitative estimate of drug-likeness (QED) is 0.403. The van der Waals surface area contributed by atoms with E-state index >= 15 is 0 Å². The zero-order valence-electron chi connectivity index (χ0n) is 16.5. The van der Waals surface area contributed by atoms with Gasteiger partial charge in [0, 0.05) is 16.3 Å². The van der Waals surface area contributed by atoms with Gasteiger partial charge in [0.15, 0.2) is 5.78 Å². The van der Waals surface area contributed by atoms with Crippen LogP contribution in [0, 0.1) is 0 Å². The van der Waals surface area contributed by atoms with Gasteiger partial charge in [-0.1, -0.05) is 29.8 Å². The largest absolute Gasteiger partial charge is 0.497 e. The van der Waals surface area contributed by atoms with Gasteiger partial charge in [-0.05, 0) is 66.2 Å². The van der Waals surface area contributed by atoms with Crippen LogP contribution in [0.2, 0.25) is 5.02 Å². The summed E-state index contributed by atoms with van der Waals surface area (Å²) >= 11 is 5.98. The van der Waals surface area contributed by atoms with Crippen LogP contribution in [-0.2, 0) is 0 Å². The molecule has 0 aliphatic heterocycles. The SMILES string of the molecule is COc1ccc(/C=C/C(=O)c2ccc(NC(=O)c3cc(Cl)ccc3OC)cc2)cc1. The minimum absolute atomic E-state index is 0.139. The number of halogens is 1. The minimum atomic E-state index is -0.354. The normalized spacial score (nSPS) is 10.6.